The number of esters is 1. The smallest absolute Gasteiger partial charge is 0.330 e. The molecule has 200 valence electrons. The van der Waals surface area contributed by atoms with Crippen molar-refractivity contribution in [3.05, 3.63) is 24.3 Å². The lowest BCUT2D eigenvalue weighted by molar-refractivity contribution is -0.165. The molecule has 3 aliphatic carbocycles. The Labute approximate surface area is 220 Å². The summed E-state index contributed by atoms with van der Waals surface area (Å²) < 4.78 is 19.3. The normalized spacial score (nSPS) is 29.8. The molecular formula is C27H48O5SSi2. The summed E-state index contributed by atoms with van der Waals surface area (Å²) in [6, 6.07) is 0. The monoisotopic (exact) mass is 540 g/mol. The second-order valence-electron chi connectivity index (χ2n) is 13.1. The third-order valence-corrected chi connectivity index (χ3v) is 18.2. The van der Waals surface area contributed by atoms with Gasteiger partial charge in [-0.3, -0.25) is 4.79 Å². The van der Waals surface area contributed by atoms with Crippen molar-refractivity contribution >= 4 is 40.1 Å². The van der Waals surface area contributed by atoms with Crippen LogP contribution in [0, 0.1) is 11.8 Å². The molecular weight excluding hydrogens is 493 g/mol. The van der Waals surface area contributed by atoms with Gasteiger partial charge in [0.05, 0.1) is 6.61 Å². The molecule has 2 bridgehead atoms. The Morgan fingerprint density at radius 1 is 1.09 bits per heavy atom. The van der Waals surface area contributed by atoms with Crippen molar-refractivity contribution in [3.8, 4) is 0 Å². The van der Waals surface area contributed by atoms with Crippen LogP contribution in [0.25, 0.3) is 0 Å². The molecule has 0 spiro atoms. The first-order valence-electron chi connectivity index (χ1n) is 12.8. The molecule has 0 unspecified atom stereocenters. The lowest BCUT2D eigenvalue weighted by atomic mass is 9.58. The van der Waals surface area contributed by atoms with Gasteiger partial charge < -0.3 is 13.6 Å². The van der Waals surface area contributed by atoms with Crippen LogP contribution >= 0.6 is 11.8 Å². The molecule has 0 aromatic rings. The van der Waals surface area contributed by atoms with Crippen molar-refractivity contribution in [2.75, 3.05) is 18.6 Å². The Balaban J connectivity index is 2.68. The fraction of sp³-hybridized carbons (Fsp3) is 0.778. The number of ketones is 1. The molecule has 0 aromatic carbocycles. The molecule has 4 atom stereocenters. The number of Topliss-reactive ketones (excluding diaryl/α,β-unsaturated/α-hetero) is 1. The molecule has 0 radical (unpaired) electrons. The Morgan fingerprint density at radius 2 is 1.63 bits per heavy atom. The second-order valence-corrected chi connectivity index (χ2v) is 23.4. The molecule has 3 rings (SSSR count). The van der Waals surface area contributed by atoms with E-state index in [0.717, 1.165) is 0 Å². The maximum atomic E-state index is 14.8. The quantitative estimate of drug-likeness (QED) is 0.139. The van der Waals surface area contributed by atoms with Crippen LogP contribution in [0.5, 0.6) is 0 Å². The van der Waals surface area contributed by atoms with Gasteiger partial charge in [-0.2, -0.15) is 11.8 Å². The Morgan fingerprint density at radius 3 is 2.11 bits per heavy atom. The van der Waals surface area contributed by atoms with Gasteiger partial charge in [0.2, 0.25) is 0 Å². The van der Waals surface area contributed by atoms with Gasteiger partial charge >= 0.3 is 5.97 Å². The van der Waals surface area contributed by atoms with E-state index in [9.17, 15) is 9.59 Å². The molecule has 0 aliphatic heterocycles. The highest BCUT2D eigenvalue weighted by Crippen LogP contribution is 2.56. The van der Waals surface area contributed by atoms with Crippen molar-refractivity contribution in [2.24, 2.45) is 11.8 Å². The largest absolute Gasteiger partial charge is 0.463 e. The summed E-state index contributed by atoms with van der Waals surface area (Å²) in [5, 5.41) is -0.113. The highest BCUT2D eigenvalue weighted by molar-refractivity contribution is 7.98. The van der Waals surface area contributed by atoms with Crippen LogP contribution in [0.1, 0.15) is 54.9 Å². The standard InChI is InChI=1S/C27H48O5SSi2/c1-13-30-22(28)15-14-20-18-21-16-17-26(20,31-34(9,10)24(2,3)4)23(29)27(21,19-33-8)32-35(11,12)25(5,6)7/h14-17,20-21H,13,18-19H2,1-12H3/b15-14+/t20-,21+,26+,27-/m0/s1. The number of hydrogen-bond donors (Lipinski definition) is 0. The van der Waals surface area contributed by atoms with Gasteiger partial charge in [0.1, 0.15) is 11.2 Å². The Kier molecular flexibility index (Phi) is 8.93. The highest BCUT2D eigenvalue weighted by Gasteiger charge is 2.67. The van der Waals surface area contributed by atoms with Gasteiger partial charge in [0.25, 0.3) is 0 Å². The molecule has 0 N–H and O–H groups in total. The minimum absolute atomic E-state index is 0.0197. The number of carbonyl (C=O) groups is 2. The predicted octanol–water partition coefficient (Wildman–Crippen LogP) is 6.76. The van der Waals surface area contributed by atoms with Crippen LogP contribution in [0.3, 0.4) is 0 Å². The average Bonchev–Trinajstić information content (AvgIpc) is 2.69. The van der Waals surface area contributed by atoms with E-state index in [2.05, 4.69) is 73.8 Å². The van der Waals surface area contributed by atoms with E-state index in [-0.39, 0.29) is 33.7 Å². The minimum atomic E-state index is -2.37. The van der Waals surface area contributed by atoms with E-state index in [1.807, 2.05) is 18.4 Å². The van der Waals surface area contributed by atoms with E-state index in [1.54, 1.807) is 18.7 Å². The molecule has 1 saturated carbocycles. The zero-order valence-electron chi connectivity index (χ0n) is 24.0. The molecule has 5 nitrogen and oxygen atoms in total. The van der Waals surface area contributed by atoms with Crippen LogP contribution < -0.4 is 0 Å². The molecule has 35 heavy (non-hydrogen) atoms. The number of rotatable bonds is 9. The first-order chi connectivity index (χ1) is 15.8. The Hall–Kier alpha value is -0.676. The van der Waals surface area contributed by atoms with E-state index in [1.165, 1.54) is 6.08 Å². The summed E-state index contributed by atoms with van der Waals surface area (Å²) in [5.41, 5.74) is -2.09. The van der Waals surface area contributed by atoms with Gasteiger partial charge in [-0.05, 0) is 61.9 Å². The van der Waals surface area contributed by atoms with Crippen molar-refractivity contribution in [1.29, 1.82) is 0 Å². The molecule has 0 heterocycles. The van der Waals surface area contributed by atoms with E-state index >= 15 is 0 Å². The molecule has 8 heteroatoms. The summed E-state index contributed by atoms with van der Waals surface area (Å²) in [6.07, 6.45) is 10.2. The summed E-state index contributed by atoms with van der Waals surface area (Å²) in [6.45, 7) is 24.1. The minimum Gasteiger partial charge on any atom is -0.463 e. The molecule has 0 aromatic heterocycles. The fourth-order valence-corrected chi connectivity index (χ4v) is 8.42. The Bertz CT molecular complexity index is 868. The van der Waals surface area contributed by atoms with Gasteiger partial charge in [-0.15, -0.1) is 0 Å². The second kappa shape index (κ2) is 10.2. The van der Waals surface area contributed by atoms with Crippen molar-refractivity contribution < 1.29 is 23.2 Å². The maximum absolute atomic E-state index is 14.8. The number of ether oxygens (including phenoxy) is 1. The SMILES string of the molecule is CCOC(=O)/C=C/[C@H]1C[C@H]2C=C[C@]1(O[Si](C)(C)C(C)(C)C)C(=O)[C@@]2(CSC)O[Si](C)(C)C(C)(C)C. The zero-order valence-corrected chi connectivity index (χ0v) is 26.9. The van der Waals surface area contributed by atoms with Crippen LogP contribution in [0.4, 0.5) is 0 Å². The fourth-order valence-electron chi connectivity index (χ4n) is 4.48. The topological polar surface area (TPSA) is 61.8 Å². The van der Waals surface area contributed by atoms with Crippen molar-refractivity contribution in [2.45, 2.75) is 102 Å². The third-order valence-electron chi connectivity index (χ3n) is 8.56. The third kappa shape index (κ3) is 5.76. The number of hydrogen-bond acceptors (Lipinski definition) is 6. The van der Waals surface area contributed by atoms with Gasteiger partial charge in [0.15, 0.2) is 22.4 Å². The average molecular weight is 541 g/mol. The lowest BCUT2D eigenvalue weighted by Gasteiger charge is -2.59. The summed E-state index contributed by atoms with van der Waals surface area (Å²) >= 11 is 1.66. The number of fused-ring (bicyclic) bond motifs is 2. The van der Waals surface area contributed by atoms with Crippen LogP contribution in [-0.2, 0) is 23.2 Å². The molecule has 0 saturated heterocycles. The van der Waals surface area contributed by atoms with E-state index in [4.69, 9.17) is 13.6 Å². The van der Waals surface area contributed by atoms with Crippen molar-refractivity contribution in [1.82, 2.24) is 0 Å². The summed E-state index contributed by atoms with van der Waals surface area (Å²) in [4.78, 5) is 27.0. The lowest BCUT2D eigenvalue weighted by Crippen LogP contribution is -2.73. The van der Waals surface area contributed by atoms with Gasteiger partial charge in [0, 0.05) is 23.7 Å². The summed E-state index contributed by atoms with van der Waals surface area (Å²) in [7, 11) is -4.65. The van der Waals surface area contributed by atoms with Crippen LogP contribution in [0.15, 0.2) is 24.3 Å². The number of thioether (sulfide) groups is 1. The van der Waals surface area contributed by atoms with E-state index < -0.39 is 27.8 Å². The molecule has 0 amide bonds. The number of carbonyl (C=O) groups excluding carboxylic acids is 2. The zero-order chi connectivity index (χ0) is 27.1. The maximum Gasteiger partial charge on any atom is 0.330 e. The van der Waals surface area contributed by atoms with Crippen LogP contribution in [0.2, 0.25) is 36.3 Å². The van der Waals surface area contributed by atoms with Crippen molar-refractivity contribution in [3.63, 3.8) is 0 Å². The van der Waals surface area contributed by atoms with Gasteiger partial charge in [-0.25, -0.2) is 4.79 Å². The molecule has 1 fully saturated rings. The van der Waals surface area contributed by atoms with Crippen LogP contribution in [-0.4, -0.2) is 58.2 Å². The summed E-state index contributed by atoms with van der Waals surface area (Å²) in [5.74, 6) is -0.101. The van der Waals surface area contributed by atoms with E-state index in [0.29, 0.717) is 18.8 Å². The molecule has 3 aliphatic rings. The first-order valence-corrected chi connectivity index (χ1v) is 20.0. The first kappa shape index (κ1) is 30.5. The predicted molar refractivity (Wildman–Crippen MR) is 152 cm³/mol. The van der Waals surface area contributed by atoms with Gasteiger partial charge in [-0.1, -0.05) is 53.7 Å². The highest BCUT2D eigenvalue weighted by atomic mass is 32.2.